The highest BCUT2D eigenvalue weighted by Gasteiger charge is 2.05. The molecule has 3 nitrogen and oxygen atoms in total. The second-order valence-corrected chi connectivity index (χ2v) is 5.06. The van der Waals surface area contributed by atoms with Crippen LogP contribution in [0.2, 0.25) is 0 Å². The predicted octanol–water partition coefficient (Wildman–Crippen LogP) is 3.66. The number of pyridine rings is 1. The normalized spacial score (nSPS) is 10.6. The quantitative estimate of drug-likeness (QED) is 0.811. The number of anilines is 2. The number of nitrogens with zero attached hydrogens (tertiary/aromatic N) is 2. The van der Waals surface area contributed by atoms with E-state index in [-0.39, 0.29) is 0 Å². The third-order valence-electron chi connectivity index (χ3n) is 3.29. The van der Waals surface area contributed by atoms with Gasteiger partial charge in [-0.3, -0.25) is 0 Å². The van der Waals surface area contributed by atoms with E-state index in [2.05, 4.69) is 67.5 Å². The van der Waals surface area contributed by atoms with E-state index in [9.17, 15) is 0 Å². The van der Waals surface area contributed by atoms with Crippen molar-refractivity contribution in [1.29, 1.82) is 0 Å². The van der Waals surface area contributed by atoms with Gasteiger partial charge in [0.25, 0.3) is 0 Å². The van der Waals surface area contributed by atoms with Gasteiger partial charge < -0.3 is 10.2 Å². The van der Waals surface area contributed by atoms with Crippen LogP contribution in [0.25, 0.3) is 0 Å². The molecule has 0 unspecified atom stereocenters. The molecule has 2 rings (SSSR count). The Morgan fingerprint density at radius 1 is 1.10 bits per heavy atom. The molecular formula is C17H23N3. The lowest BCUT2D eigenvalue weighted by molar-refractivity contribution is 0.664. The summed E-state index contributed by atoms with van der Waals surface area (Å²) in [6.45, 7) is 6.12. The zero-order valence-corrected chi connectivity index (χ0v) is 12.6. The van der Waals surface area contributed by atoms with Crippen molar-refractivity contribution in [3.63, 3.8) is 0 Å². The van der Waals surface area contributed by atoms with Gasteiger partial charge in [0.2, 0.25) is 0 Å². The first-order valence-electron chi connectivity index (χ1n) is 7.17. The third kappa shape index (κ3) is 3.81. The van der Waals surface area contributed by atoms with Gasteiger partial charge in [0.1, 0.15) is 5.82 Å². The standard InChI is InChI=1S/C17H23N3/c1-4-12-18-13-15-6-5-7-17(19-15)20(3)16-10-8-14(2)9-11-16/h5-11,18H,4,12-13H2,1-3H3. The molecule has 0 bridgehead atoms. The number of aryl methyl sites for hydroxylation is 1. The van der Waals surface area contributed by atoms with E-state index in [1.807, 2.05) is 6.07 Å². The molecule has 0 aliphatic carbocycles. The van der Waals surface area contributed by atoms with Gasteiger partial charge in [0.15, 0.2) is 0 Å². The Kier molecular flexibility index (Phi) is 5.13. The predicted molar refractivity (Wildman–Crippen MR) is 85.5 cm³/mol. The van der Waals surface area contributed by atoms with Gasteiger partial charge in [-0.2, -0.15) is 0 Å². The van der Waals surface area contributed by atoms with Gasteiger partial charge >= 0.3 is 0 Å². The van der Waals surface area contributed by atoms with Crippen LogP contribution in [-0.4, -0.2) is 18.6 Å². The Morgan fingerprint density at radius 3 is 2.55 bits per heavy atom. The molecule has 0 radical (unpaired) electrons. The van der Waals surface area contributed by atoms with Gasteiger partial charge in [-0.05, 0) is 44.2 Å². The summed E-state index contributed by atoms with van der Waals surface area (Å²) >= 11 is 0. The van der Waals surface area contributed by atoms with Gasteiger partial charge in [0, 0.05) is 19.3 Å². The summed E-state index contributed by atoms with van der Waals surface area (Å²) in [6, 6.07) is 14.7. The van der Waals surface area contributed by atoms with Crippen LogP contribution in [0.5, 0.6) is 0 Å². The summed E-state index contributed by atoms with van der Waals surface area (Å²) in [7, 11) is 2.05. The molecule has 1 N–H and O–H groups in total. The number of hydrogen-bond donors (Lipinski definition) is 1. The number of benzene rings is 1. The molecular weight excluding hydrogens is 246 g/mol. The lowest BCUT2D eigenvalue weighted by atomic mass is 10.2. The smallest absolute Gasteiger partial charge is 0.133 e. The summed E-state index contributed by atoms with van der Waals surface area (Å²) in [4.78, 5) is 6.82. The Hall–Kier alpha value is -1.87. The molecule has 0 spiro atoms. The maximum atomic E-state index is 4.71. The molecule has 1 aromatic carbocycles. The van der Waals surface area contributed by atoms with Gasteiger partial charge in [0.05, 0.1) is 5.69 Å². The molecule has 3 heteroatoms. The first kappa shape index (κ1) is 14.5. The van der Waals surface area contributed by atoms with E-state index in [0.717, 1.165) is 36.7 Å². The maximum absolute atomic E-state index is 4.71. The van der Waals surface area contributed by atoms with E-state index in [1.54, 1.807) is 0 Å². The molecule has 0 aliphatic heterocycles. The number of nitrogens with one attached hydrogen (secondary N) is 1. The van der Waals surface area contributed by atoms with Crippen molar-refractivity contribution >= 4 is 11.5 Å². The van der Waals surface area contributed by atoms with Gasteiger partial charge in [-0.1, -0.05) is 30.7 Å². The van der Waals surface area contributed by atoms with Crippen molar-refractivity contribution < 1.29 is 0 Å². The fraction of sp³-hybridized carbons (Fsp3) is 0.353. The SMILES string of the molecule is CCCNCc1cccc(N(C)c2ccc(C)cc2)n1. The van der Waals surface area contributed by atoms with Crippen LogP contribution < -0.4 is 10.2 Å². The van der Waals surface area contributed by atoms with Crippen LogP contribution in [0.1, 0.15) is 24.6 Å². The molecule has 1 aromatic heterocycles. The lowest BCUT2D eigenvalue weighted by Crippen LogP contribution is -2.16. The molecule has 0 saturated heterocycles. The Balaban J connectivity index is 2.11. The molecule has 20 heavy (non-hydrogen) atoms. The van der Waals surface area contributed by atoms with Crippen molar-refractivity contribution in [2.75, 3.05) is 18.5 Å². The van der Waals surface area contributed by atoms with Gasteiger partial charge in [-0.25, -0.2) is 4.98 Å². The van der Waals surface area contributed by atoms with E-state index >= 15 is 0 Å². The highest BCUT2D eigenvalue weighted by molar-refractivity contribution is 5.59. The molecule has 0 atom stereocenters. The summed E-state index contributed by atoms with van der Waals surface area (Å²) in [5.41, 5.74) is 3.50. The van der Waals surface area contributed by atoms with E-state index in [1.165, 1.54) is 5.56 Å². The van der Waals surface area contributed by atoms with Crippen LogP contribution in [0.3, 0.4) is 0 Å². The largest absolute Gasteiger partial charge is 0.329 e. The fourth-order valence-corrected chi connectivity index (χ4v) is 2.05. The summed E-state index contributed by atoms with van der Waals surface area (Å²) in [5, 5.41) is 3.38. The average molecular weight is 269 g/mol. The van der Waals surface area contributed by atoms with Gasteiger partial charge in [-0.15, -0.1) is 0 Å². The summed E-state index contributed by atoms with van der Waals surface area (Å²) < 4.78 is 0. The first-order chi connectivity index (χ1) is 9.70. The van der Waals surface area contributed by atoms with E-state index in [4.69, 9.17) is 4.98 Å². The fourth-order valence-electron chi connectivity index (χ4n) is 2.05. The van der Waals surface area contributed by atoms with Crippen LogP contribution in [-0.2, 0) is 6.54 Å². The van der Waals surface area contributed by atoms with Crippen molar-refractivity contribution in [1.82, 2.24) is 10.3 Å². The minimum absolute atomic E-state index is 0.823. The second-order valence-electron chi connectivity index (χ2n) is 5.06. The molecule has 0 fully saturated rings. The Morgan fingerprint density at radius 2 is 1.85 bits per heavy atom. The third-order valence-corrected chi connectivity index (χ3v) is 3.29. The number of rotatable bonds is 6. The maximum Gasteiger partial charge on any atom is 0.133 e. The van der Waals surface area contributed by atoms with E-state index in [0.29, 0.717) is 0 Å². The molecule has 106 valence electrons. The molecule has 0 aliphatic rings. The zero-order chi connectivity index (χ0) is 14.4. The van der Waals surface area contributed by atoms with Crippen LogP contribution in [0.4, 0.5) is 11.5 Å². The highest BCUT2D eigenvalue weighted by Crippen LogP contribution is 2.21. The Bertz CT molecular complexity index is 534. The highest BCUT2D eigenvalue weighted by atomic mass is 15.2. The minimum atomic E-state index is 0.823. The van der Waals surface area contributed by atoms with Crippen molar-refractivity contribution in [2.24, 2.45) is 0 Å². The van der Waals surface area contributed by atoms with Crippen LogP contribution in [0.15, 0.2) is 42.5 Å². The monoisotopic (exact) mass is 269 g/mol. The van der Waals surface area contributed by atoms with Crippen molar-refractivity contribution in [2.45, 2.75) is 26.8 Å². The second kappa shape index (κ2) is 7.06. The molecule has 0 saturated carbocycles. The number of hydrogen-bond acceptors (Lipinski definition) is 3. The van der Waals surface area contributed by atoms with Crippen LogP contribution >= 0.6 is 0 Å². The van der Waals surface area contributed by atoms with E-state index < -0.39 is 0 Å². The number of aromatic nitrogens is 1. The lowest BCUT2D eigenvalue weighted by Gasteiger charge is -2.19. The summed E-state index contributed by atoms with van der Waals surface area (Å²) in [5.74, 6) is 0.977. The molecule has 1 heterocycles. The average Bonchev–Trinajstić information content (AvgIpc) is 2.48. The molecule has 2 aromatic rings. The minimum Gasteiger partial charge on any atom is -0.329 e. The summed E-state index contributed by atoms with van der Waals surface area (Å²) in [6.07, 6.45) is 1.14. The van der Waals surface area contributed by atoms with Crippen LogP contribution in [0, 0.1) is 6.92 Å². The zero-order valence-electron chi connectivity index (χ0n) is 12.6. The topological polar surface area (TPSA) is 28.2 Å². The molecule has 0 amide bonds. The Labute approximate surface area is 121 Å². The van der Waals surface area contributed by atoms with Crippen molar-refractivity contribution in [3.8, 4) is 0 Å². The van der Waals surface area contributed by atoms with Crippen molar-refractivity contribution in [3.05, 3.63) is 53.7 Å². The first-order valence-corrected chi connectivity index (χ1v) is 7.17.